The number of thiazole rings is 1. The van der Waals surface area contributed by atoms with Crippen LogP contribution in [0.5, 0.6) is 0 Å². The second kappa shape index (κ2) is 8.94. The second-order valence-corrected chi connectivity index (χ2v) is 10.0. The number of benzene rings is 2. The summed E-state index contributed by atoms with van der Waals surface area (Å²) >= 11 is 18.5. The first kappa shape index (κ1) is 22.9. The first-order valence-electron chi connectivity index (χ1n) is 9.52. The lowest BCUT2D eigenvalue weighted by Crippen LogP contribution is -2.30. The van der Waals surface area contributed by atoms with Crippen molar-refractivity contribution in [2.45, 2.75) is 24.6 Å². The topological polar surface area (TPSA) is 80.6 Å². The molecule has 0 saturated carbocycles. The molecule has 2 aromatic heterocycles. The highest BCUT2D eigenvalue weighted by molar-refractivity contribution is 9.08. The lowest BCUT2D eigenvalue weighted by molar-refractivity contribution is 0.635. The smallest absolute Gasteiger partial charge is 0.271 e. The standard InChI is InChI=1S/C22H17BrCl2N4O2S/c1-22(2,20-28-19(16(10-23)32-20)12-6-4-3-5-7-12)18-14(24)8-13(9-15(18)25)29-21(31)27-17(30)11-26-29/h3-9,11H,10H2,1-2H3,(H,27,30,31). The Bertz CT molecular complexity index is 1390. The van der Waals surface area contributed by atoms with Crippen LogP contribution in [0.2, 0.25) is 10.0 Å². The maximum absolute atomic E-state index is 12.1. The van der Waals surface area contributed by atoms with Crippen molar-refractivity contribution in [3.05, 3.63) is 95.0 Å². The zero-order chi connectivity index (χ0) is 23.0. The Morgan fingerprint density at radius 3 is 2.38 bits per heavy atom. The number of aromatic amines is 1. The number of nitrogens with one attached hydrogen (secondary N) is 1. The van der Waals surface area contributed by atoms with Gasteiger partial charge in [0.15, 0.2) is 0 Å². The highest BCUT2D eigenvalue weighted by Gasteiger charge is 2.33. The van der Waals surface area contributed by atoms with Crippen molar-refractivity contribution in [2.75, 3.05) is 0 Å². The van der Waals surface area contributed by atoms with Gasteiger partial charge in [0.25, 0.3) is 5.56 Å². The van der Waals surface area contributed by atoms with Crippen molar-refractivity contribution in [1.29, 1.82) is 0 Å². The Labute approximate surface area is 206 Å². The van der Waals surface area contributed by atoms with Crippen LogP contribution in [0.4, 0.5) is 0 Å². The van der Waals surface area contributed by atoms with Crippen LogP contribution < -0.4 is 11.2 Å². The average molecular weight is 552 g/mol. The van der Waals surface area contributed by atoms with E-state index in [1.54, 1.807) is 23.5 Å². The molecule has 0 spiro atoms. The first-order chi connectivity index (χ1) is 15.2. The van der Waals surface area contributed by atoms with Crippen LogP contribution in [-0.4, -0.2) is 19.7 Å². The minimum atomic E-state index is -0.675. The fourth-order valence-corrected chi connectivity index (χ4v) is 6.05. The molecule has 4 aromatic rings. The summed E-state index contributed by atoms with van der Waals surface area (Å²) in [5, 5.41) is 6.14. The van der Waals surface area contributed by atoms with Crippen molar-refractivity contribution < 1.29 is 0 Å². The van der Waals surface area contributed by atoms with Crippen LogP contribution in [0, 0.1) is 0 Å². The Morgan fingerprint density at radius 1 is 1.12 bits per heavy atom. The van der Waals surface area contributed by atoms with Gasteiger partial charge in [-0.05, 0) is 26.0 Å². The van der Waals surface area contributed by atoms with E-state index in [4.69, 9.17) is 28.2 Å². The van der Waals surface area contributed by atoms with Gasteiger partial charge in [-0.2, -0.15) is 9.78 Å². The summed E-state index contributed by atoms with van der Waals surface area (Å²) in [6, 6.07) is 13.2. The lowest BCUT2D eigenvalue weighted by atomic mass is 9.85. The van der Waals surface area contributed by atoms with Crippen molar-refractivity contribution >= 4 is 50.5 Å². The Balaban J connectivity index is 1.82. The van der Waals surface area contributed by atoms with Crippen LogP contribution >= 0.6 is 50.5 Å². The van der Waals surface area contributed by atoms with Crippen LogP contribution in [-0.2, 0) is 10.7 Å². The van der Waals surface area contributed by atoms with Gasteiger partial charge in [-0.3, -0.25) is 9.78 Å². The molecule has 10 heteroatoms. The number of nitrogens with zero attached hydrogens (tertiary/aromatic N) is 3. The summed E-state index contributed by atoms with van der Waals surface area (Å²) in [6.45, 7) is 4.02. The molecule has 2 aromatic carbocycles. The van der Waals surface area contributed by atoms with Crippen LogP contribution in [0.15, 0.2) is 58.3 Å². The molecule has 0 aliphatic heterocycles. The minimum Gasteiger partial charge on any atom is -0.271 e. The zero-order valence-corrected chi connectivity index (χ0v) is 20.9. The summed E-state index contributed by atoms with van der Waals surface area (Å²) in [4.78, 5) is 31.7. The minimum absolute atomic E-state index is 0.353. The van der Waals surface area contributed by atoms with Gasteiger partial charge >= 0.3 is 5.69 Å². The number of alkyl halides is 1. The van der Waals surface area contributed by atoms with Crippen molar-refractivity contribution in [3.8, 4) is 16.9 Å². The molecule has 0 fully saturated rings. The van der Waals surface area contributed by atoms with Gasteiger partial charge < -0.3 is 0 Å². The molecule has 0 unspecified atom stereocenters. The van der Waals surface area contributed by atoms with Crippen molar-refractivity contribution in [3.63, 3.8) is 0 Å². The van der Waals surface area contributed by atoms with E-state index in [1.807, 2.05) is 44.2 Å². The Kier molecular flexibility index (Phi) is 6.40. The second-order valence-electron chi connectivity index (χ2n) is 7.55. The molecule has 4 rings (SSSR count). The molecule has 32 heavy (non-hydrogen) atoms. The monoisotopic (exact) mass is 550 g/mol. The third kappa shape index (κ3) is 4.20. The van der Waals surface area contributed by atoms with Gasteiger partial charge in [0, 0.05) is 36.8 Å². The molecule has 0 amide bonds. The van der Waals surface area contributed by atoms with Gasteiger partial charge in [0.2, 0.25) is 0 Å². The molecule has 6 nitrogen and oxygen atoms in total. The van der Waals surface area contributed by atoms with Gasteiger partial charge in [0.05, 0.1) is 11.4 Å². The Morgan fingerprint density at radius 2 is 1.78 bits per heavy atom. The fourth-order valence-electron chi connectivity index (χ4n) is 3.45. The maximum atomic E-state index is 12.1. The van der Waals surface area contributed by atoms with Crippen molar-refractivity contribution in [2.24, 2.45) is 0 Å². The number of hydrogen-bond donors (Lipinski definition) is 1. The summed E-state index contributed by atoms with van der Waals surface area (Å²) in [7, 11) is 0. The number of halogens is 3. The van der Waals surface area contributed by atoms with Crippen molar-refractivity contribution in [1.82, 2.24) is 19.7 Å². The molecule has 164 valence electrons. The third-order valence-corrected chi connectivity index (χ3v) is 7.92. The predicted molar refractivity (Wildman–Crippen MR) is 133 cm³/mol. The van der Waals surface area contributed by atoms with E-state index in [-0.39, 0.29) is 0 Å². The van der Waals surface area contributed by atoms with Gasteiger partial charge in [-0.25, -0.2) is 9.78 Å². The van der Waals surface area contributed by atoms with Gasteiger partial charge in [-0.1, -0.05) is 69.5 Å². The molecule has 0 bridgehead atoms. The SMILES string of the molecule is CC(C)(c1nc(-c2ccccc2)c(CBr)s1)c1c(Cl)cc(-n2ncc(=O)[nH]c2=O)cc1Cl. The molecule has 2 heterocycles. The highest BCUT2D eigenvalue weighted by atomic mass is 79.9. The van der Waals surface area contributed by atoms with Crippen LogP contribution in [0.3, 0.4) is 0 Å². The lowest BCUT2D eigenvalue weighted by Gasteiger charge is -2.26. The molecular formula is C22H17BrCl2N4O2S. The normalized spacial score (nSPS) is 11.7. The van der Waals surface area contributed by atoms with E-state index in [0.29, 0.717) is 26.6 Å². The number of aromatic nitrogens is 4. The fraction of sp³-hybridized carbons (Fsp3) is 0.182. The van der Waals surface area contributed by atoms with Gasteiger partial charge in [-0.15, -0.1) is 11.3 Å². The largest absolute Gasteiger partial charge is 0.349 e. The first-order valence-corrected chi connectivity index (χ1v) is 12.2. The van der Waals surface area contributed by atoms with E-state index >= 15 is 0 Å². The van der Waals surface area contributed by atoms with E-state index in [0.717, 1.165) is 32.0 Å². The summed E-state index contributed by atoms with van der Waals surface area (Å²) in [6.07, 6.45) is 1.02. The number of H-pyrrole nitrogens is 1. The number of hydrogen-bond acceptors (Lipinski definition) is 5. The average Bonchev–Trinajstić information content (AvgIpc) is 3.19. The summed E-state index contributed by atoms with van der Waals surface area (Å²) in [5.41, 5.74) is 1.14. The van der Waals surface area contributed by atoms with Crippen LogP contribution in [0.25, 0.3) is 16.9 Å². The third-order valence-electron chi connectivity index (χ3n) is 5.01. The number of rotatable bonds is 5. The van der Waals surface area contributed by atoms with E-state index < -0.39 is 16.7 Å². The van der Waals surface area contributed by atoms with E-state index in [2.05, 4.69) is 26.0 Å². The molecule has 0 radical (unpaired) electrons. The molecule has 0 aliphatic rings. The quantitative estimate of drug-likeness (QED) is 0.329. The maximum Gasteiger partial charge on any atom is 0.349 e. The van der Waals surface area contributed by atoms with E-state index in [1.165, 1.54) is 0 Å². The zero-order valence-electron chi connectivity index (χ0n) is 17.0. The molecule has 0 atom stereocenters. The molecule has 1 N–H and O–H groups in total. The Hall–Kier alpha value is -2.26. The highest BCUT2D eigenvalue weighted by Crippen LogP contribution is 2.44. The predicted octanol–water partition coefficient (Wildman–Crippen LogP) is 5.57. The van der Waals surface area contributed by atoms with E-state index in [9.17, 15) is 9.59 Å². The molecule has 0 aliphatic carbocycles. The summed E-state index contributed by atoms with van der Waals surface area (Å²) in [5.74, 6) is 0. The summed E-state index contributed by atoms with van der Waals surface area (Å²) < 4.78 is 1.04. The van der Waals surface area contributed by atoms with Gasteiger partial charge in [0.1, 0.15) is 11.2 Å². The molecular weight excluding hydrogens is 535 g/mol. The van der Waals surface area contributed by atoms with Crippen LogP contribution in [0.1, 0.15) is 29.3 Å². The molecule has 0 saturated heterocycles.